The fourth-order valence-corrected chi connectivity index (χ4v) is 4.49. The van der Waals surface area contributed by atoms with Crippen molar-refractivity contribution in [2.75, 3.05) is 13.1 Å². The molecule has 1 fully saturated rings. The molecule has 13 heteroatoms. The predicted molar refractivity (Wildman–Crippen MR) is 167 cm³/mol. The first-order valence-corrected chi connectivity index (χ1v) is 15.1. The Hall–Kier alpha value is -4.42. The van der Waals surface area contributed by atoms with E-state index in [0.29, 0.717) is 13.0 Å². The number of alkyl carbamates (subject to hydrolysis) is 2. The molecular weight excluding hydrogens is 582 g/mol. The lowest BCUT2D eigenvalue weighted by atomic mass is 9.96. The van der Waals surface area contributed by atoms with E-state index in [1.807, 2.05) is 19.9 Å². The van der Waals surface area contributed by atoms with Gasteiger partial charge in [0.25, 0.3) is 0 Å². The molecule has 0 aliphatic carbocycles. The van der Waals surface area contributed by atoms with Gasteiger partial charge in [0.15, 0.2) is 5.78 Å². The van der Waals surface area contributed by atoms with Crippen LogP contribution in [0.3, 0.4) is 0 Å². The molecule has 13 nitrogen and oxygen atoms in total. The van der Waals surface area contributed by atoms with Crippen molar-refractivity contribution in [1.29, 1.82) is 0 Å². The molecule has 5 amide bonds. The highest BCUT2D eigenvalue weighted by molar-refractivity contribution is 5.92. The highest BCUT2D eigenvalue weighted by atomic mass is 16.6. The van der Waals surface area contributed by atoms with Crippen LogP contribution in [0.15, 0.2) is 42.5 Å². The standard InChI is InChI=1S/C32H47N5O8/c1-20(2)16-25(28(40)35-24(13-12-21(3)38)17-23-14-15-33-27(23)39)36-29(41)26(18-34-30(42)45-32(4,5)6)37-31(43)44-19-22-10-8-7-9-11-22/h7-13,20,23-26H,14-19H2,1-6H3,(H,33,39)(H,34,42)(H,35,40)(H,36,41)(H,37,43)/b13-12+/t23-,24+,25-,26-/m0/s1. The van der Waals surface area contributed by atoms with Crippen LogP contribution in [0, 0.1) is 11.8 Å². The third-order valence-electron chi connectivity index (χ3n) is 6.60. The van der Waals surface area contributed by atoms with E-state index in [2.05, 4.69) is 26.6 Å². The molecule has 0 bridgehead atoms. The molecular formula is C32H47N5O8. The van der Waals surface area contributed by atoms with Crippen LogP contribution in [-0.4, -0.2) is 72.5 Å². The Bertz CT molecular complexity index is 1210. The quantitative estimate of drug-likeness (QED) is 0.184. The summed E-state index contributed by atoms with van der Waals surface area (Å²) < 4.78 is 10.5. The van der Waals surface area contributed by atoms with Gasteiger partial charge in [-0.15, -0.1) is 0 Å². The molecule has 0 aromatic heterocycles. The number of allylic oxidation sites excluding steroid dienone is 1. The number of carbonyl (C=O) groups is 6. The fourth-order valence-electron chi connectivity index (χ4n) is 4.49. The minimum Gasteiger partial charge on any atom is -0.445 e. The van der Waals surface area contributed by atoms with Crippen LogP contribution in [0.2, 0.25) is 0 Å². The number of carbonyl (C=O) groups excluding carboxylic acids is 6. The third-order valence-corrected chi connectivity index (χ3v) is 6.60. The second-order valence-electron chi connectivity index (χ2n) is 12.4. The Labute approximate surface area is 264 Å². The SMILES string of the molecule is CC(=O)/C=C/[C@H](C[C@@H]1CCNC1=O)NC(=O)[C@H](CC(C)C)NC(=O)[C@H](CNC(=O)OC(C)(C)C)NC(=O)OCc1ccccc1. The topological polar surface area (TPSA) is 181 Å². The summed E-state index contributed by atoms with van der Waals surface area (Å²) in [7, 11) is 0. The molecule has 5 N–H and O–H groups in total. The van der Waals surface area contributed by atoms with Gasteiger partial charge < -0.3 is 36.1 Å². The molecule has 1 heterocycles. The Balaban J connectivity index is 2.18. The van der Waals surface area contributed by atoms with Crippen LogP contribution in [0.25, 0.3) is 0 Å². The van der Waals surface area contributed by atoms with Gasteiger partial charge in [0.05, 0.1) is 6.54 Å². The molecule has 0 spiro atoms. The van der Waals surface area contributed by atoms with Gasteiger partial charge in [-0.2, -0.15) is 0 Å². The summed E-state index contributed by atoms with van der Waals surface area (Å²) in [6, 6.07) is 5.96. The number of hydrogen-bond donors (Lipinski definition) is 5. The van der Waals surface area contributed by atoms with E-state index < -0.39 is 47.7 Å². The normalized spacial score (nSPS) is 16.7. The van der Waals surface area contributed by atoms with Crippen molar-refractivity contribution in [3.05, 3.63) is 48.0 Å². The average Bonchev–Trinajstić information content (AvgIpc) is 3.35. The van der Waals surface area contributed by atoms with Crippen LogP contribution in [-0.2, 0) is 35.3 Å². The maximum Gasteiger partial charge on any atom is 0.408 e. The van der Waals surface area contributed by atoms with Crippen molar-refractivity contribution in [2.45, 2.75) is 91.1 Å². The highest BCUT2D eigenvalue weighted by Gasteiger charge is 2.31. The van der Waals surface area contributed by atoms with E-state index in [9.17, 15) is 28.8 Å². The zero-order valence-electron chi connectivity index (χ0n) is 26.9. The zero-order chi connectivity index (χ0) is 33.6. The summed E-state index contributed by atoms with van der Waals surface area (Å²) in [4.78, 5) is 75.8. The van der Waals surface area contributed by atoms with Crippen LogP contribution in [0.4, 0.5) is 9.59 Å². The van der Waals surface area contributed by atoms with Crippen molar-refractivity contribution < 1.29 is 38.2 Å². The smallest absolute Gasteiger partial charge is 0.408 e. The summed E-state index contributed by atoms with van der Waals surface area (Å²) in [5, 5.41) is 13.2. The summed E-state index contributed by atoms with van der Waals surface area (Å²) in [5.41, 5.74) is -0.0608. The number of nitrogens with one attached hydrogen (secondary N) is 5. The second-order valence-corrected chi connectivity index (χ2v) is 12.4. The predicted octanol–water partition coefficient (Wildman–Crippen LogP) is 2.49. The minimum absolute atomic E-state index is 0.0185. The molecule has 1 aliphatic rings. The summed E-state index contributed by atoms with van der Waals surface area (Å²) in [6.45, 7) is 10.3. The number of hydrogen-bond acceptors (Lipinski definition) is 8. The van der Waals surface area contributed by atoms with E-state index in [4.69, 9.17) is 9.47 Å². The molecule has 0 radical (unpaired) electrons. The molecule has 0 unspecified atom stereocenters. The van der Waals surface area contributed by atoms with Crippen molar-refractivity contribution >= 4 is 35.7 Å². The van der Waals surface area contributed by atoms with Gasteiger partial charge in [0.2, 0.25) is 17.7 Å². The van der Waals surface area contributed by atoms with Gasteiger partial charge in [-0.25, -0.2) is 9.59 Å². The summed E-state index contributed by atoms with van der Waals surface area (Å²) in [6.07, 6.45) is 2.29. The first kappa shape index (κ1) is 36.8. The van der Waals surface area contributed by atoms with Gasteiger partial charge in [-0.3, -0.25) is 19.2 Å². The molecule has 2 rings (SSSR count). The van der Waals surface area contributed by atoms with Gasteiger partial charge in [-0.05, 0) is 64.5 Å². The first-order chi connectivity index (χ1) is 21.1. The Kier molecular flexibility index (Phi) is 14.5. The van der Waals surface area contributed by atoms with Crippen molar-refractivity contribution in [2.24, 2.45) is 11.8 Å². The van der Waals surface area contributed by atoms with E-state index in [1.165, 1.54) is 19.1 Å². The first-order valence-electron chi connectivity index (χ1n) is 15.1. The number of rotatable bonds is 15. The second kappa shape index (κ2) is 17.8. The highest BCUT2D eigenvalue weighted by Crippen LogP contribution is 2.17. The molecule has 0 saturated carbocycles. The largest absolute Gasteiger partial charge is 0.445 e. The van der Waals surface area contributed by atoms with Crippen molar-refractivity contribution in [3.8, 4) is 0 Å². The molecule has 1 aliphatic heterocycles. The molecule has 1 aromatic carbocycles. The lowest BCUT2D eigenvalue weighted by molar-refractivity contribution is -0.130. The summed E-state index contributed by atoms with van der Waals surface area (Å²) in [5.74, 6) is -1.96. The monoisotopic (exact) mass is 629 g/mol. The Morgan fingerprint density at radius 1 is 0.978 bits per heavy atom. The van der Waals surface area contributed by atoms with Crippen LogP contribution in [0.5, 0.6) is 0 Å². The molecule has 1 saturated heterocycles. The third kappa shape index (κ3) is 14.7. The maximum absolute atomic E-state index is 13.5. The number of amides is 5. The van der Waals surface area contributed by atoms with Crippen LogP contribution < -0.4 is 26.6 Å². The minimum atomic E-state index is -1.32. The fraction of sp³-hybridized carbons (Fsp3) is 0.562. The van der Waals surface area contributed by atoms with Crippen LogP contribution in [0.1, 0.15) is 66.4 Å². The lowest BCUT2D eigenvalue weighted by Crippen LogP contribution is -2.58. The van der Waals surface area contributed by atoms with E-state index in [1.54, 1.807) is 45.0 Å². The average molecular weight is 630 g/mol. The van der Waals surface area contributed by atoms with E-state index in [-0.39, 0.29) is 49.5 Å². The van der Waals surface area contributed by atoms with Gasteiger partial charge >= 0.3 is 12.2 Å². The Morgan fingerprint density at radius 3 is 2.22 bits per heavy atom. The number of benzene rings is 1. The van der Waals surface area contributed by atoms with Crippen LogP contribution >= 0.6 is 0 Å². The lowest BCUT2D eigenvalue weighted by Gasteiger charge is -2.26. The zero-order valence-corrected chi connectivity index (χ0v) is 26.9. The van der Waals surface area contributed by atoms with E-state index in [0.717, 1.165) is 5.56 Å². The maximum atomic E-state index is 13.5. The molecule has 248 valence electrons. The summed E-state index contributed by atoms with van der Waals surface area (Å²) >= 11 is 0. The van der Waals surface area contributed by atoms with Gasteiger partial charge in [0.1, 0.15) is 24.3 Å². The van der Waals surface area contributed by atoms with Gasteiger partial charge in [-0.1, -0.05) is 50.3 Å². The van der Waals surface area contributed by atoms with Gasteiger partial charge in [0, 0.05) is 18.5 Å². The van der Waals surface area contributed by atoms with Crippen molar-refractivity contribution in [1.82, 2.24) is 26.6 Å². The molecule has 4 atom stereocenters. The van der Waals surface area contributed by atoms with E-state index >= 15 is 0 Å². The molecule has 45 heavy (non-hydrogen) atoms. The molecule has 1 aromatic rings. The number of ketones is 1. The Morgan fingerprint density at radius 2 is 1.64 bits per heavy atom. The number of ether oxygens (including phenoxy) is 2. The van der Waals surface area contributed by atoms with Crippen molar-refractivity contribution in [3.63, 3.8) is 0 Å².